The first kappa shape index (κ1) is 15.4. The normalized spacial score (nSPS) is 9.68. The Morgan fingerprint density at radius 1 is 1.18 bits per heavy atom. The van der Waals surface area contributed by atoms with Crippen LogP contribution in [0.15, 0.2) is 42.5 Å². The molecule has 0 aliphatic heterocycles. The second-order valence-corrected chi connectivity index (χ2v) is 4.68. The van der Waals surface area contributed by atoms with Gasteiger partial charge >= 0.3 is 0 Å². The van der Waals surface area contributed by atoms with E-state index in [9.17, 15) is 4.79 Å². The van der Waals surface area contributed by atoms with Crippen LogP contribution in [0.1, 0.15) is 11.1 Å². The van der Waals surface area contributed by atoms with Crippen molar-refractivity contribution in [3.8, 4) is 17.6 Å². The zero-order valence-corrected chi connectivity index (χ0v) is 12.4. The SMILES string of the molecule is COc1cc(C#N)ccc1OCC(=O)Nc1ccc(C)cc1. The average molecular weight is 296 g/mol. The minimum Gasteiger partial charge on any atom is -0.493 e. The minimum absolute atomic E-state index is 0.143. The van der Waals surface area contributed by atoms with E-state index in [2.05, 4.69) is 5.32 Å². The number of rotatable bonds is 5. The van der Waals surface area contributed by atoms with Gasteiger partial charge in [0.1, 0.15) is 0 Å². The third kappa shape index (κ3) is 4.00. The molecule has 0 atom stereocenters. The standard InChI is InChI=1S/C17H16N2O3/c1-12-3-6-14(7-4-12)19-17(20)11-22-15-8-5-13(10-18)9-16(15)21-2/h3-9H,11H2,1-2H3,(H,19,20). The predicted molar refractivity (Wildman–Crippen MR) is 83.0 cm³/mol. The number of ether oxygens (including phenoxy) is 2. The highest BCUT2D eigenvalue weighted by Crippen LogP contribution is 2.27. The van der Waals surface area contributed by atoms with Crippen molar-refractivity contribution in [1.82, 2.24) is 0 Å². The van der Waals surface area contributed by atoms with Gasteiger partial charge in [-0.3, -0.25) is 4.79 Å². The molecular weight excluding hydrogens is 280 g/mol. The van der Waals surface area contributed by atoms with Crippen molar-refractivity contribution in [2.45, 2.75) is 6.92 Å². The third-order valence-corrected chi connectivity index (χ3v) is 2.99. The Balaban J connectivity index is 1.96. The highest BCUT2D eigenvalue weighted by molar-refractivity contribution is 5.91. The van der Waals surface area contributed by atoms with Crippen molar-refractivity contribution in [3.63, 3.8) is 0 Å². The van der Waals surface area contributed by atoms with E-state index in [1.165, 1.54) is 7.11 Å². The van der Waals surface area contributed by atoms with E-state index in [1.807, 2.05) is 37.3 Å². The maximum Gasteiger partial charge on any atom is 0.262 e. The van der Waals surface area contributed by atoms with Crippen LogP contribution in [0.2, 0.25) is 0 Å². The van der Waals surface area contributed by atoms with Crippen molar-refractivity contribution in [2.75, 3.05) is 19.0 Å². The molecule has 0 aliphatic carbocycles. The molecular formula is C17H16N2O3. The summed E-state index contributed by atoms with van der Waals surface area (Å²) in [6, 6.07) is 14.3. The van der Waals surface area contributed by atoms with Crippen molar-refractivity contribution < 1.29 is 14.3 Å². The highest BCUT2D eigenvalue weighted by atomic mass is 16.5. The maximum absolute atomic E-state index is 11.9. The van der Waals surface area contributed by atoms with Crippen LogP contribution in [0.5, 0.6) is 11.5 Å². The molecule has 0 heterocycles. The van der Waals surface area contributed by atoms with Crippen molar-refractivity contribution >= 4 is 11.6 Å². The number of benzene rings is 2. The monoisotopic (exact) mass is 296 g/mol. The van der Waals surface area contributed by atoms with Crippen molar-refractivity contribution in [3.05, 3.63) is 53.6 Å². The van der Waals surface area contributed by atoms with Gasteiger partial charge in [-0.15, -0.1) is 0 Å². The van der Waals surface area contributed by atoms with E-state index in [-0.39, 0.29) is 12.5 Å². The first-order valence-electron chi connectivity index (χ1n) is 6.70. The van der Waals surface area contributed by atoms with E-state index in [0.29, 0.717) is 22.7 Å². The number of anilines is 1. The maximum atomic E-state index is 11.9. The Morgan fingerprint density at radius 2 is 1.91 bits per heavy atom. The van der Waals surface area contributed by atoms with Gasteiger partial charge in [-0.05, 0) is 31.2 Å². The lowest BCUT2D eigenvalue weighted by Gasteiger charge is -2.11. The Labute approximate surface area is 129 Å². The summed E-state index contributed by atoms with van der Waals surface area (Å²) >= 11 is 0. The molecule has 5 nitrogen and oxygen atoms in total. The molecule has 0 saturated carbocycles. The van der Waals surface area contributed by atoms with Crippen LogP contribution >= 0.6 is 0 Å². The summed E-state index contributed by atoms with van der Waals surface area (Å²) in [6.45, 7) is 1.84. The van der Waals surface area contributed by atoms with Crippen LogP contribution in [0, 0.1) is 18.3 Å². The van der Waals surface area contributed by atoms with E-state index in [4.69, 9.17) is 14.7 Å². The lowest BCUT2D eigenvalue weighted by molar-refractivity contribution is -0.118. The molecule has 0 radical (unpaired) electrons. The number of amides is 1. The summed E-state index contributed by atoms with van der Waals surface area (Å²) in [5.74, 6) is 0.568. The van der Waals surface area contributed by atoms with Gasteiger partial charge in [-0.2, -0.15) is 5.26 Å². The van der Waals surface area contributed by atoms with Crippen LogP contribution in [0.25, 0.3) is 0 Å². The van der Waals surface area contributed by atoms with Crippen LogP contribution in [-0.4, -0.2) is 19.6 Å². The molecule has 0 unspecified atom stereocenters. The largest absolute Gasteiger partial charge is 0.493 e. The summed E-state index contributed by atoms with van der Waals surface area (Å²) in [5.41, 5.74) is 2.30. The molecule has 2 aromatic carbocycles. The number of hydrogen-bond acceptors (Lipinski definition) is 4. The molecule has 112 valence electrons. The molecule has 2 rings (SSSR count). The number of aryl methyl sites for hydroxylation is 1. The van der Waals surface area contributed by atoms with Gasteiger partial charge in [0.15, 0.2) is 18.1 Å². The predicted octanol–water partition coefficient (Wildman–Crippen LogP) is 2.89. The number of nitriles is 1. The van der Waals surface area contributed by atoms with E-state index in [0.717, 1.165) is 5.56 Å². The molecule has 0 saturated heterocycles. The molecule has 1 amide bonds. The molecule has 0 aromatic heterocycles. The number of nitrogens with zero attached hydrogens (tertiary/aromatic N) is 1. The second kappa shape index (κ2) is 7.14. The fourth-order valence-corrected chi connectivity index (χ4v) is 1.83. The smallest absolute Gasteiger partial charge is 0.262 e. The molecule has 0 bridgehead atoms. The lowest BCUT2D eigenvalue weighted by Crippen LogP contribution is -2.20. The average Bonchev–Trinajstić information content (AvgIpc) is 2.55. The Morgan fingerprint density at radius 3 is 2.55 bits per heavy atom. The summed E-state index contributed by atoms with van der Waals surface area (Å²) in [4.78, 5) is 11.9. The molecule has 0 fully saturated rings. The Bertz CT molecular complexity index is 703. The first-order valence-corrected chi connectivity index (χ1v) is 6.70. The van der Waals surface area contributed by atoms with E-state index >= 15 is 0 Å². The van der Waals surface area contributed by atoms with Gasteiger partial charge in [0.05, 0.1) is 18.7 Å². The highest BCUT2D eigenvalue weighted by Gasteiger charge is 2.09. The zero-order chi connectivity index (χ0) is 15.9. The van der Waals surface area contributed by atoms with Gasteiger partial charge in [0.25, 0.3) is 5.91 Å². The fourth-order valence-electron chi connectivity index (χ4n) is 1.83. The van der Waals surface area contributed by atoms with Crippen LogP contribution in [0.3, 0.4) is 0 Å². The topological polar surface area (TPSA) is 71.3 Å². The van der Waals surface area contributed by atoms with Crippen LogP contribution in [-0.2, 0) is 4.79 Å². The van der Waals surface area contributed by atoms with Gasteiger partial charge in [-0.25, -0.2) is 0 Å². The number of carbonyl (C=O) groups excluding carboxylic acids is 1. The van der Waals surface area contributed by atoms with Crippen LogP contribution < -0.4 is 14.8 Å². The molecule has 5 heteroatoms. The fraction of sp³-hybridized carbons (Fsp3) is 0.176. The second-order valence-electron chi connectivity index (χ2n) is 4.68. The first-order chi connectivity index (χ1) is 10.6. The summed E-state index contributed by atoms with van der Waals surface area (Å²) in [5, 5.41) is 11.6. The quantitative estimate of drug-likeness (QED) is 0.921. The molecule has 22 heavy (non-hydrogen) atoms. The number of carbonyl (C=O) groups is 1. The Hall–Kier alpha value is -3.00. The van der Waals surface area contributed by atoms with E-state index < -0.39 is 0 Å². The lowest BCUT2D eigenvalue weighted by atomic mass is 10.2. The summed E-state index contributed by atoms with van der Waals surface area (Å²) in [6.07, 6.45) is 0. The summed E-state index contributed by atoms with van der Waals surface area (Å²) < 4.78 is 10.6. The molecule has 0 spiro atoms. The number of nitrogens with one attached hydrogen (secondary N) is 1. The van der Waals surface area contributed by atoms with Gasteiger partial charge in [0, 0.05) is 11.8 Å². The number of hydrogen-bond donors (Lipinski definition) is 1. The van der Waals surface area contributed by atoms with E-state index in [1.54, 1.807) is 18.2 Å². The molecule has 0 aliphatic rings. The molecule has 2 aromatic rings. The van der Waals surface area contributed by atoms with Gasteiger partial charge in [0.2, 0.25) is 0 Å². The minimum atomic E-state index is -0.268. The van der Waals surface area contributed by atoms with Gasteiger partial charge < -0.3 is 14.8 Å². The van der Waals surface area contributed by atoms with Gasteiger partial charge in [-0.1, -0.05) is 17.7 Å². The third-order valence-electron chi connectivity index (χ3n) is 2.99. The van der Waals surface area contributed by atoms with Crippen molar-refractivity contribution in [1.29, 1.82) is 5.26 Å². The summed E-state index contributed by atoms with van der Waals surface area (Å²) in [7, 11) is 1.48. The zero-order valence-electron chi connectivity index (χ0n) is 12.4. The molecule has 1 N–H and O–H groups in total. The Kier molecular flexibility index (Phi) is 4.99. The van der Waals surface area contributed by atoms with Crippen LogP contribution in [0.4, 0.5) is 5.69 Å². The number of methoxy groups -OCH3 is 1. The van der Waals surface area contributed by atoms with Crippen molar-refractivity contribution in [2.24, 2.45) is 0 Å².